The number of likely N-dealkylation sites (tertiary alicyclic amines) is 1. The highest BCUT2D eigenvalue weighted by Crippen LogP contribution is 2.37. The molecule has 2 amide bonds. The standard InChI is InChI=1S/C19H23FN4O/c20-16-5-1-3-13(9-16)15-10-17(11-15)22-19(25)24-8-2-4-14(12-24)18-6-7-21-23-18/h1,3,5-7,9,14-15,17H,2,4,8,10-12H2,(H,21,23)(H,22,25)/t14-,15?,17?/m1/s1. The Bertz CT molecular complexity index is 727. The number of urea groups is 1. The lowest BCUT2D eigenvalue weighted by atomic mass is 9.76. The van der Waals surface area contributed by atoms with Crippen molar-refractivity contribution in [2.45, 2.75) is 43.6 Å². The predicted molar refractivity (Wildman–Crippen MR) is 92.8 cm³/mol. The molecule has 6 heteroatoms. The van der Waals surface area contributed by atoms with E-state index in [1.165, 1.54) is 6.07 Å². The Labute approximate surface area is 146 Å². The highest BCUT2D eigenvalue weighted by molar-refractivity contribution is 5.75. The number of hydrogen-bond donors (Lipinski definition) is 2. The van der Waals surface area contributed by atoms with Gasteiger partial charge in [0.15, 0.2) is 0 Å². The fourth-order valence-corrected chi connectivity index (χ4v) is 3.94. The minimum absolute atomic E-state index is 0.0203. The SMILES string of the molecule is O=C(NC1CC(c2cccc(F)c2)C1)N1CCC[C@@H](c2ccn[nH]2)C1. The highest BCUT2D eigenvalue weighted by Gasteiger charge is 2.33. The molecule has 25 heavy (non-hydrogen) atoms. The van der Waals surface area contributed by atoms with Gasteiger partial charge < -0.3 is 10.2 Å². The van der Waals surface area contributed by atoms with E-state index in [1.807, 2.05) is 17.0 Å². The zero-order valence-electron chi connectivity index (χ0n) is 14.1. The van der Waals surface area contributed by atoms with Crippen molar-refractivity contribution in [2.75, 3.05) is 13.1 Å². The molecule has 2 fully saturated rings. The van der Waals surface area contributed by atoms with Crippen molar-refractivity contribution in [3.05, 3.63) is 53.6 Å². The fraction of sp³-hybridized carbons (Fsp3) is 0.474. The van der Waals surface area contributed by atoms with E-state index in [0.717, 1.165) is 50.0 Å². The predicted octanol–water partition coefficient (Wildman–Crippen LogP) is 3.38. The second-order valence-corrected chi connectivity index (χ2v) is 7.17. The molecule has 1 saturated heterocycles. The number of aromatic amines is 1. The summed E-state index contributed by atoms with van der Waals surface area (Å²) >= 11 is 0. The average Bonchev–Trinajstić information content (AvgIpc) is 3.12. The Morgan fingerprint density at radius 3 is 2.92 bits per heavy atom. The van der Waals surface area contributed by atoms with E-state index in [4.69, 9.17) is 0 Å². The maximum Gasteiger partial charge on any atom is 0.317 e. The number of nitrogens with one attached hydrogen (secondary N) is 2. The Kier molecular flexibility index (Phi) is 4.42. The molecular weight excluding hydrogens is 319 g/mol. The summed E-state index contributed by atoms with van der Waals surface area (Å²) in [5, 5.41) is 10.2. The zero-order valence-corrected chi connectivity index (χ0v) is 14.1. The largest absolute Gasteiger partial charge is 0.335 e. The van der Waals surface area contributed by atoms with Crippen LogP contribution in [0.1, 0.15) is 48.8 Å². The van der Waals surface area contributed by atoms with Crippen molar-refractivity contribution in [1.29, 1.82) is 0 Å². The summed E-state index contributed by atoms with van der Waals surface area (Å²) in [6, 6.07) is 8.98. The van der Waals surface area contributed by atoms with Crippen LogP contribution in [0, 0.1) is 5.82 Å². The molecular formula is C19H23FN4O. The number of carbonyl (C=O) groups excluding carboxylic acids is 1. The van der Waals surface area contributed by atoms with Gasteiger partial charge in [-0.1, -0.05) is 12.1 Å². The third kappa shape index (κ3) is 3.52. The summed E-state index contributed by atoms with van der Waals surface area (Å²) in [5.74, 6) is 0.492. The quantitative estimate of drug-likeness (QED) is 0.898. The molecule has 2 aromatic rings. The van der Waals surface area contributed by atoms with E-state index in [0.29, 0.717) is 11.8 Å². The highest BCUT2D eigenvalue weighted by atomic mass is 19.1. The number of amides is 2. The van der Waals surface area contributed by atoms with Gasteiger partial charge in [0.25, 0.3) is 0 Å². The van der Waals surface area contributed by atoms with Gasteiger partial charge in [0.1, 0.15) is 5.82 Å². The van der Waals surface area contributed by atoms with Gasteiger partial charge >= 0.3 is 6.03 Å². The van der Waals surface area contributed by atoms with E-state index >= 15 is 0 Å². The van der Waals surface area contributed by atoms with Gasteiger partial charge in [0.2, 0.25) is 0 Å². The number of nitrogens with zero attached hydrogens (tertiary/aromatic N) is 2. The van der Waals surface area contributed by atoms with Crippen molar-refractivity contribution < 1.29 is 9.18 Å². The van der Waals surface area contributed by atoms with Crippen LogP contribution in [0.5, 0.6) is 0 Å². The Morgan fingerprint density at radius 2 is 2.16 bits per heavy atom. The van der Waals surface area contributed by atoms with Gasteiger partial charge in [0, 0.05) is 36.9 Å². The first-order valence-electron chi connectivity index (χ1n) is 8.99. The Balaban J connectivity index is 1.28. The molecule has 1 aliphatic carbocycles. The monoisotopic (exact) mass is 342 g/mol. The van der Waals surface area contributed by atoms with Crippen molar-refractivity contribution in [1.82, 2.24) is 20.4 Å². The molecule has 4 rings (SSSR count). The molecule has 0 radical (unpaired) electrons. The number of H-pyrrole nitrogens is 1. The van der Waals surface area contributed by atoms with Crippen LogP contribution < -0.4 is 5.32 Å². The smallest absolute Gasteiger partial charge is 0.317 e. The molecule has 1 aromatic heterocycles. The van der Waals surface area contributed by atoms with Crippen LogP contribution in [0.3, 0.4) is 0 Å². The maximum atomic E-state index is 13.3. The molecule has 0 unspecified atom stereocenters. The Morgan fingerprint density at radius 1 is 1.28 bits per heavy atom. The molecule has 2 aliphatic rings. The van der Waals surface area contributed by atoms with Gasteiger partial charge in [-0.05, 0) is 55.4 Å². The molecule has 2 N–H and O–H groups in total. The van der Waals surface area contributed by atoms with Crippen LogP contribution in [0.25, 0.3) is 0 Å². The number of benzene rings is 1. The van der Waals surface area contributed by atoms with E-state index in [1.54, 1.807) is 18.3 Å². The van der Waals surface area contributed by atoms with Crippen molar-refractivity contribution in [3.63, 3.8) is 0 Å². The molecule has 1 saturated carbocycles. The first-order chi connectivity index (χ1) is 12.2. The van der Waals surface area contributed by atoms with Crippen LogP contribution in [-0.4, -0.2) is 40.3 Å². The number of rotatable bonds is 3. The van der Waals surface area contributed by atoms with Crippen molar-refractivity contribution in [3.8, 4) is 0 Å². The molecule has 1 aliphatic heterocycles. The molecule has 0 bridgehead atoms. The Hall–Kier alpha value is -2.37. The normalized spacial score (nSPS) is 26.1. The number of halogens is 1. The summed E-state index contributed by atoms with van der Waals surface area (Å²) in [5.41, 5.74) is 2.13. The number of piperidine rings is 1. The van der Waals surface area contributed by atoms with Crippen molar-refractivity contribution in [2.24, 2.45) is 0 Å². The van der Waals surface area contributed by atoms with Crippen LogP contribution >= 0.6 is 0 Å². The lowest BCUT2D eigenvalue weighted by molar-refractivity contribution is 0.166. The molecule has 0 spiro atoms. The first kappa shape index (κ1) is 16.1. The third-order valence-electron chi connectivity index (χ3n) is 5.46. The summed E-state index contributed by atoms with van der Waals surface area (Å²) in [4.78, 5) is 14.4. The zero-order chi connectivity index (χ0) is 17.2. The second kappa shape index (κ2) is 6.86. The van der Waals surface area contributed by atoms with Gasteiger partial charge in [-0.25, -0.2) is 9.18 Å². The van der Waals surface area contributed by atoms with Gasteiger partial charge in [-0.2, -0.15) is 5.10 Å². The first-order valence-corrected chi connectivity index (χ1v) is 8.99. The van der Waals surface area contributed by atoms with Crippen molar-refractivity contribution >= 4 is 6.03 Å². The number of hydrogen-bond acceptors (Lipinski definition) is 2. The van der Waals surface area contributed by atoms with Crippen LogP contribution in [0.15, 0.2) is 36.5 Å². The molecule has 1 aromatic carbocycles. The molecule has 1 atom stereocenters. The minimum atomic E-state index is -0.192. The van der Waals surface area contributed by atoms with E-state index in [-0.39, 0.29) is 17.9 Å². The topological polar surface area (TPSA) is 61.0 Å². The number of carbonyl (C=O) groups is 1. The minimum Gasteiger partial charge on any atom is -0.335 e. The van der Waals surface area contributed by atoms with E-state index < -0.39 is 0 Å². The lowest BCUT2D eigenvalue weighted by Crippen LogP contribution is -2.51. The average molecular weight is 342 g/mol. The third-order valence-corrected chi connectivity index (χ3v) is 5.46. The molecule has 132 valence electrons. The van der Waals surface area contributed by atoms with Gasteiger partial charge in [-0.3, -0.25) is 5.10 Å². The van der Waals surface area contributed by atoms with E-state index in [2.05, 4.69) is 15.5 Å². The van der Waals surface area contributed by atoms with Gasteiger partial charge in [-0.15, -0.1) is 0 Å². The van der Waals surface area contributed by atoms with Crippen LogP contribution in [0.2, 0.25) is 0 Å². The second-order valence-electron chi connectivity index (χ2n) is 7.17. The van der Waals surface area contributed by atoms with Gasteiger partial charge in [0.05, 0.1) is 0 Å². The summed E-state index contributed by atoms with van der Waals surface area (Å²) < 4.78 is 13.3. The van der Waals surface area contributed by atoms with E-state index in [9.17, 15) is 9.18 Å². The summed E-state index contributed by atoms with van der Waals surface area (Å²) in [7, 11) is 0. The van der Waals surface area contributed by atoms with Crippen LogP contribution in [-0.2, 0) is 0 Å². The fourth-order valence-electron chi connectivity index (χ4n) is 3.94. The van der Waals surface area contributed by atoms with Crippen LogP contribution in [0.4, 0.5) is 9.18 Å². The number of aromatic nitrogens is 2. The summed E-state index contributed by atoms with van der Waals surface area (Å²) in [6.45, 7) is 1.53. The molecule has 2 heterocycles. The maximum absolute atomic E-state index is 13.3. The lowest BCUT2D eigenvalue weighted by Gasteiger charge is -2.39. The summed E-state index contributed by atoms with van der Waals surface area (Å²) in [6.07, 6.45) is 5.61. The molecule has 5 nitrogen and oxygen atoms in total.